The van der Waals surface area contributed by atoms with Crippen LogP contribution in [-0.4, -0.2) is 38.2 Å². The zero-order chi connectivity index (χ0) is 23.6. The molecular formula is C24H22F3N3O3. The molecule has 0 saturated carbocycles. The molecule has 0 fully saturated rings. The Morgan fingerprint density at radius 1 is 0.970 bits per heavy atom. The Kier molecular flexibility index (Phi) is 6.22. The quantitative estimate of drug-likeness (QED) is 0.603. The van der Waals surface area contributed by atoms with Crippen molar-refractivity contribution in [3.63, 3.8) is 0 Å². The van der Waals surface area contributed by atoms with Gasteiger partial charge >= 0.3 is 12.1 Å². The van der Waals surface area contributed by atoms with Gasteiger partial charge in [0.15, 0.2) is 0 Å². The summed E-state index contributed by atoms with van der Waals surface area (Å²) >= 11 is 0. The SMILES string of the molecule is O=C(O)CCc1cc2n(n1)CCN(C(=O)Cc1ccc(-c3ccc(C(F)(F)F)cc3)cc1)C2. The van der Waals surface area contributed by atoms with E-state index >= 15 is 0 Å². The van der Waals surface area contributed by atoms with E-state index in [1.54, 1.807) is 17.0 Å². The summed E-state index contributed by atoms with van der Waals surface area (Å²) in [4.78, 5) is 25.3. The van der Waals surface area contributed by atoms with E-state index in [1.165, 1.54) is 12.1 Å². The molecule has 0 aliphatic carbocycles. The van der Waals surface area contributed by atoms with Crippen LogP contribution in [-0.2, 0) is 41.7 Å². The average Bonchev–Trinajstić information content (AvgIpc) is 3.20. The molecule has 1 aliphatic heterocycles. The number of rotatable bonds is 6. The zero-order valence-electron chi connectivity index (χ0n) is 17.7. The molecule has 4 rings (SSSR count). The summed E-state index contributed by atoms with van der Waals surface area (Å²) in [6.07, 6.45) is -3.78. The number of hydrogen-bond acceptors (Lipinski definition) is 3. The third kappa shape index (κ3) is 5.42. The number of fused-ring (bicyclic) bond motifs is 1. The molecule has 0 unspecified atom stereocenters. The number of carbonyl (C=O) groups excluding carboxylic acids is 1. The fourth-order valence-corrected chi connectivity index (χ4v) is 3.85. The highest BCUT2D eigenvalue weighted by Crippen LogP contribution is 2.31. The number of carboxylic acid groups (broad SMARTS) is 1. The summed E-state index contributed by atoms with van der Waals surface area (Å²) in [5, 5.41) is 13.2. The van der Waals surface area contributed by atoms with Crippen LogP contribution in [0.1, 0.15) is 28.9 Å². The van der Waals surface area contributed by atoms with Crippen LogP contribution >= 0.6 is 0 Å². The number of amides is 1. The van der Waals surface area contributed by atoms with Crippen molar-refractivity contribution in [3.8, 4) is 11.1 Å². The lowest BCUT2D eigenvalue weighted by Gasteiger charge is -2.27. The third-order valence-corrected chi connectivity index (χ3v) is 5.65. The highest BCUT2D eigenvalue weighted by atomic mass is 19.4. The molecule has 0 atom stereocenters. The second-order valence-corrected chi connectivity index (χ2v) is 8.01. The number of halogens is 3. The Morgan fingerprint density at radius 2 is 1.61 bits per heavy atom. The van der Waals surface area contributed by atoms with E-state index in [2.05, 4.69) is 5.10 Å². The van der Waals surface area contributed by atoms with Crippen LogP contribution in [0, 0.1) is 0 Å². The van der Waals surface area contributed by atoms with E-state index in [1.807, 2.05) is 22.9 Å². The molecule has 0 spiro atoms. The number of aryl methyl sites for hydroxylation is 1. The summed E-state index contributed by atoms with van der Waals surface area (Å²) in [6.45, 7) is 1.50. The molecule has 0 saturated heterocycles. The minimum Gasteiger partial charge on any atom is -0.481 e. The second-order valence-electron chi connectivity index (χ2n) is 8.01. The van der Waals surface area contributed by atoms with Gasteiger partial charge in [0.2, 0.25) is 5.91 Å². The first-order valence-electron chi connectivity index (χ1n) is 10.5. The van der Waals surface area contributed by atoms with Crippen molar-refractivity contribution in [2.75, 3.05) is 6.54 Å². The van der Waals surface area contributed by atoms with E-state index in [-0.39, 0.29) is 18.7 Å². The van der Waals surface area contributed by atoms with Crippen LogP contribution < -0.4 is 0 Å². The van der Waals surface area contributed by atoms with Crippen molar-refractivity contribution in [3.05, 3.63) is 77.1 Å². The van der Waals surface area contributed by atoms with Gasteiger partial charge in [0.05, 0.1) is 42.9 Å². The Hall–Kier alpha value is -3.62. The topological polar surface area (TPSA) is 75.4 Å². The number of carbonyl (C=O) groups is 2. The van der Waals surface area contributed by atoms with E-state index in [4.69, 9.17) is 5.11 Å². The van der Waals surface area contributed by atoms with Gasteiger partial charge in [0.25, 0.3) is 0 Å². The van der Waals surface area contributed by atoms with Crippen molar-refractivity contribution < 1.29 is 27.9 Å². The van der Waals surface area contributed by atoms with Gasteiger partial charge in [-0.25, -0.2) is 0 Å². The van der Waals surface area contributed by atoms with Crippen molar-refractivity contribution in [1.82, 2.24) is 14.7 Å². The first-order valence-corrected chi connectivity index (χ1v) is 10.5. The van der Waals surface area contributed by atoms with E-state index in [0.29, 0.717) is 37.3 Å². The lowest BCUT2D eigenvalue weighted by molar-refractivity contribution is -0.138. The molecule has 33 heavy (non-hydrogen) atoms. The zero-order valence-corrected chi connectivity index (χ0v) is 17.7. The molecule has 2 heterocycles. The smallest absolute Gasteiger partial charge is 0.416 e. The normalized spacial score (nSPS) is 13.6. The van der Waals surface area contributed by atoms with Crippen LogP contribution in [0.15, 0.2) is 54.6 Å². The van der Waals surface area contributed by atoms with Crippen molar-refractivity contribution in [1.29, 1.82) is 0 Å². The van der Waals surface area contributed by atoms with Gasteiger partial charge in [0.1, 0.15) is 0 Å². The number of hydrogen-bond donors (Lipinski definition) is 1. The van der Waals surface area contributed by atoms with Crippen molar-refractivity contribution in [2.45, 2.75) is 38.5 Å². The maximum absolute atomic E-state index is 12.8. The molecule has 0 bridgehead atoms. The summed E-state index contributed by atoms with van der Waals surface area (Å²) in [6, 6.07) is 14.0. The van der Waals surface area contributed by atoms with Gasteiger partial charge in [-0.1, -0.05) is 36.4 Å². The summed E-state index contributed by atoms with van der Waals surface area (Å²) in [7, 11) is 0. The first kappa shape index (κ1) is 22.6. The standard InChI is InChI=1S/C24H22F3N3O3/c25-24(26,27)19-7-5-18(6-8-19)17-3-1-16(2-4-17)13-22(31)29-11-12-30-21(15-29)14-20(28-30)9-10-23(32)33/h1-8,14H,9-13,15H2,(H,32,33). The number of aromatic nitrogens is 2. The number of nitrogens with zero attached hydrogens (tertiary/aromatic N) is 3. The van der Waals surface area contributed by atoms with Gasteiger partial charge in [-0.3, -0.25) is 14.3 Å². The Balaban J connectivity index is 1.37. The van der Waals surface area contributed by atoms with Crippen LogP contribution in [0.5, 0.6) is 0 Å². The van der Waals surface area contributed by atoms with Gasteiger partial charge in [-0.05, 0) is 34.9 Å². The van der Waals surface area contributed by atoms with E-state index in [0.717, 1.165) is 29.0 Å². The predicted molar refractivity (Wildman–Crippen MR) is 114 cm³/mol. The monoisotopic (exact) mass is 457 g/mol. The van der Waals surface area contributed by atoms with E-state index < -0.39 is 17.7 Å². The highest BCUT2D eigenvalue weighted by Gasteiger charge is 2.30. The van der Waals surface area contributed by atoms with Crippen LogP contribution in [0.25, 0.3) is 11.1 Å². The molecule has 1 aromatic heterocycles. The Morgan fingerprint density at radius 3 is 2.21 bits per heavy atom. The molecule has 1 N–H and O–H groups in total. The van der Waals surface area contributed by atoms with Crippen LogP contribution in [0.2, 0.25) is 0 Å². The molecule has 0 radical (unpaired) electrons. The molecular weight excluding hydrogens is 435 g/mol. The first-order chi connectivity index (χ1) is 15.7. The minimum atomic E-state index is -4.37. The molecule has 172 valence electrons. The van der Waals surface area contributed by atoms with Crippen LogP contribution in [0.4, 0.5) is 13.2 Å². The number of aliphatic carboxylic acids is 1. The maximum atomic E-state index is 12.8. The maximum Gasteiger partial charge on any atom is 0.416 e. The molecule has 9 heteroatoms. The predicted octanol–water partition coefficient (Wildman–Crippen LogP) is 4.17. The largest absolute Gasteiger partial charge is 0.481 e. The van der Waals surface area contributed by atoms with Gasteiger partial charge in [-0.2, -0.15) is 18.3 Å². The molecule has 3 aromatic rings. The molecule has 2 aromatic carbocycles. The van der Waals surface area contributed by atoms with Crippen molar-refractivity contribution >= 4 is 11.9 Å². The van der Waals surface area contributed by atoms with Crippen LogP contribution in [0.3, 0.4) is 0 Å². The molecule has 1 aliphatic rings. The number of benzene rings is 2. The Bertz CT molecular complexity index is 1150. The molecule has 6 nitrogen and oxygen atoms in total. The Labute approximate surface area is 188 Å². The fraction of sp³-hybridized carbons (Fsp3) is 0.292. The summed E-state index contributed by atoms with van der Waals surface area (Å²) in [5.41, 5.74) is 3.16. The molecule has 1 amide bonds. The lowest BCUT2D eigenvalue weighted by Crippen LogP contribution is -2.39. The van der Waals surface area contributed by atoms with E-state index in [9.17, 15) is 22.8 Å². The summed E-state index contributed by atoms with van der Waals surface area (Å²) < 4.78 is 40.0. The number of carboxylic acids is 1. The van der Waals surface area contributed by atoms with Gasteiger partial charge in [-0.15, -0.1) is 0 Å². The second kappa shape index (κ2) is 9.09. The summed E-state index contributed by atoms with van der Waals surface area (Å²) in [5.74, 6) is -0.904. The average molecular weight is 457 g/mol. The third-order valence-electron chi connectivity index (χ3n) is 5.65. The van der Waals surface area contributed by atoms with Gasteiger partial charge in [0, 0.05) is 13.0 Å². The van der Waals surface area contributed by atoms with Gasteiger partial charge < -0.3 is 10.0 Å². The minimum absolute atomic E-state index is 0.0154. The lowest BCUT2D eigenvalue weighted by atomic mass is 10.0. The van der Waals surface area contributed by atoms with Crippen molar-refractivity contribution in [2.24, 2.45) is 0 Å². The fourth-order valence-electron chi connectivity index (χ4n) is 3.85. The number of alkyl halides is 3. The highest BCUT2D eigenvalue weighted by molar-refractivity contribution is 5.79.